The first-order valence-electron chi connectivity index (χ1n) is 36.1. The minimum absolute atomic E-state index is 0.305. The topological polar surface area (TPSA) is 292 Å². The number of anilines is 10. The Kier molecular flexibility index (Phi) is 34.5. The average molecular weight is 1510 g/mol. The van der Waals surface area contributed by atoms with Crippen LogP contribution in [0, 0.1) is 0 Å². The minimum atomic E-state index is -2.42. The van der Waals surface area contributed by atoms with Gasteiger partial charge in [-0.3, -0.25) is 0 Å². The van der Waals surface area contributed by atoms with Gasteiger partial charge in [-0.05, 0) is 245 Å². The third-order valence-electron chi connectivity index (χ3n) is 14.8. The molecule has 0 saturated carbocycles. The van der Waals surface area contributed by atoms with Gasteiger partial charge < -0.3 is 67.3 Å². The van der Waals surface area contributed by atoms with Crippen molar-refractivity contribution in [2.75, 3.05) is 71.4 Å². The molecule has 102 heavy (non-hydrogen) atoms. The van der Waals surface area contributed by atoms with E-state index in [1.54, 1.807) is 97.1 Å². The number of nitrogens with one attached hydrogen (secondary N) is 6. The molecule has 0 radical (unpaired) electrons. The van der Waals surface area contributed by atoms with Gasteiger partial charge in [0.15, 0.2) is 33.3 Å². The van der Waals surface area contributed by atoms with Crippen LogP contribution in [0.25, 0.3) is 0 Å². The molecule has 0 amide bonds. The molecule has 0 aliphatic heterocycles. The summed E-state index contributed by atoms with van der Waals surface area (Å²) in [7, 11) is -12.0. The number of carbonyl (C=O) groups excluding carboxylic acids is 4. The highest BCUT2D eigenvalue weighted by Gasteiger charge is 2.45. The zero-order chi connectivity index (χ0) is 75.2. The normalized spacial score (nSPS) is 12.3. The van der Waals surface area contributed by atoms with Crippen LogP contribution >= 0.6 is 0 Å². The van der Waals surface area contributed by atoms with Crippen molar-refractivity contribution in [3.8, 4) is 0 Å². The summed E-state index contributed by atoms with van der Waals surface area (Å²) >= 11 is 0. The van der Waals surface area contributed by atoms with Crippen molar-refractivity contribution in [3.63, 3.8) is 0 Å². The molecular weight excluding hydrogens is 1390 g/mol. The second kappa shape index (κ2) is 41.3. The smallest absolute Gasteiger partial charge is 0.338 e. The lowest BCUT2D eigenvalue weighted by molar-refractivity contribution is 0.0490. The Morgan fingerprint density at radius 3 is 0.833 bits per heavy atom. The van der Waals surface area contributed by atoms with Crippen LogP contribution in [0.1, 0.15) is 147 Å². The number of nitrogens with zero attached hydrogens (tertiary/aromatic N) is 6. The summed E-state index contributed by atoms with van der Waals surface area (Å²) in [6, 6.07) is 28.8. The SMILES string of the molecule is CCCCOC(=O)c1ccc(Nc2nc(NCCCC(C)[Si](C)(O[Si](C)(C)C)O[Si](C)(C)C)nc(Nc3ccc(C(=O)OCCCC)cc3)n2)cc1.CCCCOC(=O)c1ccc(Nc2nc(NCCC[Si](C)(O[Si](C)(C)C)O[Si](C)(C)C)nc(Nc3ccc(C(=O)OCCCC)cc3)n2)cc1. The van der Waals surface area contributed by atoms with Crippen LogP contribution in [-0.4, -0.2) is 144 Å². The summed E-state index contributed by atoms with van der Waals surface area (Å²) in [5.74, 6) is 0.620. The third-order valence-corrected chi connectivity index (χ3v) is 34.7. The molecular formula is C72H116N12O12Si6. The molecule has 2 aromatic heterocycles. The molecule has 1 unspecified atom stereocenters. The quantitative estimate of drug-likeness (QED) is 0.00897. The average Bonchev–Trinajstić information content (AvgIpc) is 0.834. The van der Waals surface area contributed by atoms with E-state index in [0.29, 0.717) is 126 Å². The molecule has 0 saturated heterocycles. The molecule has 6 rings (SSSR count). The summed E-state index contributed by atoms with van der Waals surface area (Å²) in [5.41, 5.74) is 4.96. The predicted octanol–water partition coefficient (Wildman–Crippen LogP) is 18.5. The van der Waals surface area contributed by atoms with Gasteiger partial charge in [0, 0.05) is 35.8 Å². The summed E-state index contributed by atoms with van der Waals surface area (Å²) in [5, 5.41) is 19.7. The molecule has 2 heterocycles. The standard InChI is InChI=1S/C37H60N6O6Si3.C35H56N6O6Si3/c1-11-13-26-46-33(44)29-17-21-31(22-18-29)39-36-41-35(38-25-15-16-28(3)52(10,48-50(4,5)6)49-51(7,8)9)42-37(43-36)40-32-23-19-30(20-24-32)34(45)47-27-14-12-2;1-10-12-24-44-31(42)27-15-19-29(20-16-27)37-34-39-33(36-23-14-26-50(9,46-48(3,4)5)47-49(6,7)8)40-35(41-34)38-30-21-17-28(18-22-30)32(43)45-25-13-11-2/h17-24,28H,11-16,25-27H2,1-10H3,(H3,38,39,40,41,42,43);15-22H,10-14,23-26H2,1-9H3,(H3,36,37,38,39,40,41). The molecule has 1 atom stereocenters. The van der Waals surface area contributed by atoms with Crippen LogP contribution in [0.5, 0.6) is 0 Å². The molecule has 0 fully saturated rings. The molecule has 6 aromatic rings. The Balaban J connectivity index is 0.000000367. The Hall–Kier alpha value is -7.28. The van der Waals surface area contributed by atoms with E-state index < -0.39 is 50.4 Å². The lowest BCUT2D eigenvalue weighted by Crippen LogP contribution is -2.55. The molecule has 6 N–H and O–H groups in total. The number of rotatable bonds is 43. The number of unbranched alkanes of at least 4 members (excludes halogenated alkanes) is 4. The Morgan fingerprint density at radius 2 is 0.588 bits per heavy atom. The fourth-order valence-corrected chi connectivity index (χ4v) is 35.5. The van der Waals surface area contributed by atoms with Crippen LogP contribution in [0.4, 0.5) is 58.4 Å². The van der Waals surface area contributed by atoms with Crippen LogP contribution in [0.3, 0.4) is 0 Å². The maximum absolute atomic E-state index is 12.4. The number of carbonyl (C=O) groups is 4. The van der Waals surface area contributed by atoms with Gasteiger partial charge >= 0.3 is 41.0 Å². The van der Waals surface area contributed by atoms with Gasteiger partial charge in [0.1, 0.15) is 0 Å². The van der Waals surface area contributed by atoms with Crippen molar-refractivity contribution < 1.29 is 54.6 Å². The fourth-order valence-electron chi connectivity index (χ4n) is 10.3. The second-order valence-corrected chi connectivity index (χ2v) is 55.3. The predicted molar refractivity (Wildman–Crippen MR) is 425 cm³/mol. The number of esters is 4. The van der Waals surface area contributed by atoms with E-state index in [1.165, 1.54) is 0 Å². The number of hydrogen-bond acceptors (Lipinski definition) is 24. The highest BCUT2D eigenvalue weighted by atomic mass is 28.5. The molecule has 30 heteroatoms. The van der Waals surface area contributed by atoms with E-state index in [9.17, 15) is 19.2 Å². The van der Waals surface area contributed by atoms with Gasteiger partial charge in [0.25, 0.3) is 0 Å². The van der Waals surface area contributed by atoms with Crippen molar-refractivity contribution in [1.29, 1.82) is 0 Å². The first-order chi connectivity index (χ1) is 48.1. The van der Waals surface area contributed by atoms with Gasteiger partial charge in [-0.25, -0.2) is 19.2 Å². The zero-order valence-corrected chi connectivity index (χ0v) is 70.1. The first kappa shape index (κ1) is 85.4. The van der Waals surface area contributed by atoms with Crippen molar-refractivity contribution in [3.05, 3.63) is 119 Å². The molecule has 4 aromatic carbocycles. The van der Waals surface area contributed by atoms with Gasteiger partial charge in [-0.1, -0.05) is 60.3 Å². The van der Waals surface area contributed by atoms with Gasteiger partial charge in [-0.2, -0.15) is 29.9 Å². The largest absolute Gasteiger partial charge is 0.462 e. The number of ether oxygens (including phenoxy) is 4. The van der Waals surface area contributed by atoms with Gasteiger partial charge in [0.05, 0.1) is 48.7 Å². The number of aromatic nitrogens is 6. The van der Waals surface area contributed by atoms with E-state index in [4.69, 9.17) is 35.4 Å². The summed E-state index contributed by atoms with van der Waals surface area (Å²) in [6.45, 7) is 44.3. The summed E-state index contributed by atoms with van der Waals surface area (Å²) < 4.78 is 48.2. The van der Waals surface area contributed by atoms with E-state index in [0.717, 1.165) is 76.7 Å². The van der Waals surface area contributed by atoms with Crippen LogP contribution in [-0.2, 0) is 35.4 Å². The molecule has 0 bridgehead atoms. The third kappa shape index (κ3) is 33.0. The number of benzene rings is 4. The lowest BCUT2D eigenvalue weighted by atomic mass is 10.2. The molecule has 0 aliphatic rings. The highest BCUT2D eigenvalue weighted by Crippen LogP contribution is 2.35. The van der Waals surface area contributed by atoms with Gasteiger partial charge in [0.2, 0.25) is 35.7 Å². The van der Waals surface area contributed by atoms with Crippen LogP contribution in [0.15, 0.2) is 97.1 Å². The second-order valence-electron chi connectivity index (χ2n) is 29.4. The Bertz CT molecular complexity index is 3340. The summed E-state index contributed by atoms with van der Waals surface area (Å²) in [6.07, 6.45) is 9.75. The summed E-state index contributed by atoms with van der Waals surface area (Å²) in [4.78, 5) is 77.3. The monoisotopic (exact) mass is 1510 g/mol. The van der Waals surface area contributed by atoms with Crippen molar-refractivity contribution >= 4 is 133 Å². The highest BCUT2D eigenvalue weighted by molar-refractivity contribution is 6.89. The zero-order valence-electron chi connectivity index (χ0n) is 64.1. The molecule has 0 aliphatic carbocycles. The van der Waals surface area contributed by atoms with E-state index in [1.807, 2.05) is 13.8 Å². The molecule has 24 nitrogen and oxygen atoms in total. The Labute approximate surface area is 612 Å². The molecule has 560 valence electrons. The van der Waals surface area contributed by atoms with Gasteiger partial charge in [-0.15, -0.1) is 0 Å². The van der Waals surface area contributed by atoms with E-state index >= 15 is 0 Å². The number of hydrogen-bond donors (Lipinski definition) is 6. The van der Waals surface area contributed by atoms with Crippen molar-refractivity contribution in [2.45, 2.75) is 208 Å². The first-order valence-corrected chi connectivity index (χ1v) is 54.6. The van der Waals surface area contributed by atoms with Crippen LogP contribution < -0.4 is 31.9 Å². The minimum Gasteiger partial charge on any atom is -0.462 e. The van der Waals surface area contributed by atoms with Crippen molar-refractivity contribution in [2.24, 2.45) is 0 Å². The Morgan fingerprint density at radius 1 is 0.343 bits per heavy atom. The van der Waals surface area contributed by atoms with E-state index in [2.05, 4.69) is 174 Å². The maximum atomic E-state index is 12.4. The van der Waals surface area contributed by atoms with Crippen LogP contribution in [0.2, 0.25) is 103 Å². The molecule has 0 spiro atoms. The fraction of sp³-hybridized carbons (Fsp3) is 0.528. The van der Waals surface area contributed by atoms with Crippen molar-refractivity contribution in [1.82, 2.24) is 29.9 Å². The van der Waals surface area contributed by atoms with E-state index in [-0.39, 0.29) is 23.9 Å². The lowest BCUT2D eigenvalue weighted by Gasteiger charge is -2.42. The maximum Gasteiger partial charge on any atom is 0.338 e.